The van der Waals surface area contributed by atoms with Crippen LogP contribution in [0.25, 0.3) is 0 Å². The fraction of sp³-hybridized carbons (Fsp3) is 0.550. The van der Waals surface area contributed by atoms with Crippen molar-refractivity contribution in [3.8, 4) is 5.88 Å². The van der Waals surface area contributed by atoms with Gasteiger partial charge in [-0.05, 0) is 44.6 Å². The second-order valence-corrected chi connectivity index (χ2v) is 7.26. The predicted molar refractivity (Wildman–Crippen MR) is 97.5 cm³/mol. The van der Waals surface area contributed by atoms with E-state index >= 15 is 0 Å². The Balaban J connectivity index is 1.32. The van der Waals surface area contributed by atoms with E-state index in [1.54, 1.807) is 13.1 Å². The molecule has 1 atom stereocenters. The van der Waals surface area contributed by atoms with E-state index in [-0.39, 0.29) is 11.5 Å². The van der Waals surface area contributed by atoms with Gasteiger partial charge in [-0.2, -0.15) is 0 Å². The Labute approximate surface area is 158 Å². The highest BCUT2D eigenvalue weighted by molar-refractivity contribution is 5.92. The lowest BCUT2D eigenvalue weighted by atomic mass is 9.78. The molecule has 0 aliphatic carbocycles. The number of hydrogen-bond acceptors (Lipinski definition) is 6. The fourth-order valence-corrected chi connectivity index (χ4v) is 4.22. The van der Waals surface area contributed by atoms with E-state index in [1.165, 1.54) is 6.39 Å². The summed E-state index contributed by atoms with van der Waals surface area (Å²) in [5, 5.41) is 0. The van der Waals surface area contributed by atoms with Crippen LogP contribution in [0.2, 0.25) is 0 Å². The zero-order valence-corrected chi connectivity index (χ0v) is 15.6. The number of ether oxygens (including phenoxy) is 2. The number of amides is 1. The van der Waals surface area contributed by atoms with Crippen molar-refractivity contribution in [3.63, 3.8) is 0 Å². The highest BCUT2D eigenvalue weighted by Crippen LogP contribution is 2.42. The molecule has 0 unspecified atom stereocenters. The van der Waals surface area contributed by atoms with Gasteiger partial charge < -0.3 is 18.8 Å². The fourth-order valence-electron chi connectivity index (χ4n) is 4.22. The third-order valence-electron chi connectivity index (χ3n) is 5.79. The number of nitrogens with zero attached hydrogens (tertiary/aromatic N) is 3. The van der Waals surface area contributed by atoms with Crippen LogP contribution < -0.4 is 4.74 Å². The number of carbonyl (C=O) groups excluding carboxylic acids is 1. The predicted octanol–water partition coefficient (Wildman–Crippen LogP) is 2.86. The monoisotopic (exact) mass is 371 g/mol. The van der Waals surface area contributed by atoms with Gasteiger partial charge in [0.05, 0.1) is 17.9 Å². The molecule has 0 bridgehead atoms. The first kappa shape index (κ1) is 18.0. The summed E-state index contributed by atoms with van der Waals surface area (Å²) in [6, 6.07) is 5.67. The average molecular weight is 371 g/mol. The van der Waals surface area contributed by atoms with Crippen molar-refractivity contribution in [3.05, 3.63) is 42.2 Å². The quantitative estimate of drug-likeness (QED) is 0.804. The van der Waals surface area contributed by atoms with Crippen molar-refractivity contribution in [1.82, 2.24) is 14.9 Å². The smallest absolute Gasteiger partial charge is 0.291 e. The summed E-state index contributed by atoms with van der Waals surface area (Å²) >= 11 is 0. The lowest BCUT2D eigenvalue weighted by Crippen LogP contribution is -2.49. The van der Waals surface area contributed by atoms with Crippen molar-refractivity contribution in [2.45, 2.75) is 38.2 Å². The molecule has 2 aromatic heterocycles. The van der Waals surface area contributed by atoms with Crippen LogP contribution in [0, 0.1) is 12.8 Å². The molecule has 0 N–H and O–H groups in total. The van der Waals surface area contributed by atoms with Gasteiger partial charge in [-0.25, -0.2) is 9.97 Å². The van der Waals surface area contributed by atoms with Gasteiger partial charge in [-0.3, -0.25) is 4.79 Å². The topological polar surface area (TPSA) is 77.7 Å². The van der Waals surface area contributed by atoms with Gasteiger partial charge in [0, 0.05) is 32.0 Å². The maximum absolute atomic E-state index is 12.6. The summed E-state index contributed by atoms with van der Waals surface area (Å²) in [6.07, 6.45) is 6.73. The molecule has 2 aromatic rings. The van der Waals surface area contributed by atoms with Crippen molar-refractivity contribution in [2.75, 3.05) is 26.3 Å². The molecule has 4 heterocycles. The Morgan fingerprint density at radius 3 is 2.89 bits per heavy atom. The molecule has 2 fully saturated rings. The van der Waals surface area contributed by atoms with Gasteiger partial charge in [-0.1, -0.05) is 6.07 Å². The van der Waals surface area contributed by atoms with E-state index in [2.05, 4.69) is 9.97 Å². The van der Waals surface area contributed by atoms with Gasteiger partial charge in [0.25, 0.3) is 5.91 Å². The molecule has 1 amide bonds. The highest BCUT2D eigenvalue weighted by Gasteiger charge is 2.46. The Morgan fingerprint density at radius 2 is 2.19 bits per heavy atom. The van der Waals surface area contributed by atoms with Crippen LogP contribution in [0.4, 0.5) is 0 Å². The first-order valence-electron chi connectivity index (χ1n) is 9.55. The number of pyridine rings is 1. The zero-order chi connectivity index (χ0) is 18.7. The molecular formula is C20H25N3O4. The first-order chi connectivity index (χ1) is 13.2. The van der Waals surface area contributed by atoms with Crippen LogP contribution in [-0.4, -0.2) is 52.7 Å². The normalized spacial score (nSPS) is 21.5. The lowest BCUT2D eigenvalue weighted by Gasteiger charge is -2.42. The zero-order valence-electron chi connectivity index (χ0n) is 15.6. The van der Waals surface area contributed by atoms with Crippen LogP contribution in [0.5, 0.6) is 5.88 Å². The van der Waals surface area contributed by atoms with Gasteiger partial charge in [0.2, 0.25) is 11.6 Å². The van der Waals surface area contributed by atoms with Crippen molar-refractivity contribution >= 4 is 5.91 Å². The van der Waals surface area contributed by atoms with E-state index in [4.69, 9.17) is 13.9 Å². The van der Waals surface area contributed by atoms with Crippen molar-refractivity contribution in [1.29, 1.82) is 0 Å². The minimum atomic E-state index is -0.138. The first-order valence-corrected chi connectivity index (χ1v) is 9.55. The molecular weight excluding hydrogens is 346 g/mol. The van der Waals surface area contributed by atoms with Crippen LogP contribution in [0.1, 0.15) is 41.9 Å². The highest BCUT2D eigenvalue weighted by atomic mass is 16.5. The van der Waals surface area contributed by atoms with Gasteiger partial charge >= 0.3 is 0 Å². The van der Waals surface area contributed by atoms with E-state index in [0.29, 0.717) is 42.9 Å². The number of rotatable bonds is 5. The van der Waals surface area contributed by atoms with Crippen LogP contribution in [0.15, 0.2) is 35.2 Å². The summed E-state index contributed by atoms with van der Waals surface area (Å²) in [5.41, 5.74) is 0.503. The Bertz CT molecular complexity index is 769. The van der Waals surface area contributed by atoms with E-state index in [9.17, 15) is 4.79 Å². The minimum absolute atomic E-state index is 0.0760. The Morgan fingerprint density at radius 1 is 1.33 bits per heavy atom. The third-order valence-corrected chi connectivity index (χ3v) is 5.79. The minimum Gasteiger partial charge on any atom is -0.478 e. The molecule has 0 radical (unpaired) electrons. The molecule has 2 aliphatic rings. The summed E-state index contributed by atoms with van der Waals surface area (Å²) in [5.74, 6) is 1.38. The standard InChI is InChI=1S/C20H25N3O4/c1-15-18(26-14-22-15)19(24)23-10-7-20(8-11-23)16(6-13-27-20)5-12-25-17-4-2-3-9-21-17/h2-4,9,14,16H,5-8,10-13H2,1H3/t16-/m0/s1. The SMILES string of the molecule is Cc1ncoc1C(=O)N1CCC2(CC1)OCC[C@@H]2CCOc1ccccn1. The lowest BCUT2D eigenvalue weighted by molar-refractivity contribution is -0.0652. The number of likely N-dealkylation sites (tertiary alicyclic amines) is 1. The van der Waals surface area contributed by atoms with Gasteiger partial charge in [0.15, 0.2) is 6.39 Å². The number of aryl methyl sites for hydroxylation is 1. The Hall–Kier alpha value is -2.41. The molecule has 2 saturated heterocycles. The summed E-state index contributed by atoms with van der Waals surface area (Å²) in [6.45, 7) is 4.56. The summed E-state index contributed by atoms with van der Waals surface area (Å²) in [7, 11) is 0. The van der Waals surface area contributed by atoms with Crippen molar-refractivity contribution in [2.24, 2.45) is 5.92 Å². The van der Waals surface area contributed by atoms with E-state index < -0.39 is 0 Å². The van der Waals surface area contributed by atoms with Crippen LogP contribution >= 0.6 is 0 Å². The van der Waals surface area contributed by atoms with E-state index in [0.717, 1.165) is 32.3 Å². The number of hydrogen-bond donors (Lipinski definition) is 0. The molecule has 0 saturated carbocycles. The second-order valence-electron chi connectivity index (χ2n) is 7.26. The van der Waals surface area contributed by atoms with Crippen molar-refractivity contribution < 1.29 is 18.7 Å². The molecule has 1 spiro atoms. The van der Waals surface area contributed by atoms with E-state index in [1.807, 2.05) is 23.1 Å². The van der Waals surface area contributed by atoms with Gasteiger partial charge in [0.1, 0.15) is 0 Å². The number of oxazole rings is 1. The molecule has 7 heteroatoms. The molecule has 4 rings (SSSR count). The largest absolute Gasteiger partial charge is 0.478 e. The Kier molecular flexibility index (Phi) is 5.11. The number of carbonyl (C=O) groups is 1. The molecule has 27 heavy (non-hydrogen) atoms. The maximum Gasteiger partial charge on any atom is 0.291 e. The van der Waals surface area contributed by atoms with Crippen LogP contribution in [0.3, 0.4) is 0 Å². The number of aromatic nitrogens is 2. The third kappa shape index (κ3) is 3.69. The molecule has 0 aromatic carbocycles. The molecule has 7 nitrogen and oxygen atoms in total. The maximum atomic E-state index is 12.6. The number of piperidine rings is 1. The van der Waals surface area contributed by atoms with Crippen LogP contribution in [-0.2, 0) is 4.74 Å². The average Bonchev–Trinajstić information content (AvgIpc) is 3.29. The summed E-state index contributed by atoms with van der Waals surface area (Å²) in [4.78, 5) is 22.7. The summed E-state index contributed by atoms with van der Waals surface area (Å²) < 4.78 is 17.2. The molecule has 144 valence electrons. The van der Waals surface area contributed by atoms with Gasteiger partial charge in [-0.15, -0.1) is 0 Å². The second kappa shape index (κ2) is 7.68. The molecule has 2 aliphatic heterocycles.